The van der Waals surface area contributed by atoms with Gasteiger partial charge in [0.1, 0.15) is 11.5 Å². The Morgan fingerprint density at radius 2 is 2.00 bits per heavy atom. The highest BCUT2D eigenvalue weighted by atomic mass is 19.1. The van der Waals surface area contributed by atoms with E-state index >= 15 is 0 Å². The van der Waals surface area contributed by atoms with Crippen molar-refractivity contribution in [1.29, 1.82) is 0 Å². The zero-order valence-electron chi connectivity index (χ0n) is 18.0. The summed E-state index contributed by atoms with van der Waals surface area (Å²) in [5, 5.41) is 0. The Balaban J connectivity index is 1.78. The summed E-state index contributed by atoms with van der Waals surface area (Å²) in [5.74, 6) is -0.226. The minimum absolute atomic E-state index is 0.226. The summed E-state index contributed by atoms with van der Waals surface area (Å²) >= 11 is 0. The third-order valence-corrected chi connectivity index (χ3v) is 5.53. The van der Waals surface area contributed by atoms with Gasteiger partial charge in [0.2, 0.25) is 0 Å². The first-order valence-electron chi connectivity index (χ1n) is 10.5. The number of hydrogen-bond acceptors (Lipinski definition) is 4. The summed E-state index contributed by atoms with van der Waals surface area (Å²) in [6, 6.07) is 9.09. The Morgan fingerprint density at radius 3 is 2.71 bits per heavy atom. The van der Waals surface area contributed by atoms with E-state index in [0.29, 0.717) is 5.56 Å². The topological polar surface area (TPSA) is 42.1 Å². The summed E-state index contributed by atoms with van der Waals surface area (Å²) in [6.45, 7) is 11.9. The standard InChI is InChI=1S/C25H27FN4O/c1-4-22(25(27-5-2)19-6-8-23(26)18(3)14-19)20-7-9-24-28-15-21(30(24)16-20)17-29-10-12-31-13-11-29/h4-9,14-16H,1,10-13,17H2,2-3H3/b25-22+,27-5?. The highest BCUT2D eigenvalue weighted by molar-refractivity contribution is 5.96. The number of allylic oxidation sites excluding steroid dienone is 2. The Kier molecular flexibility index (Phi) is 6.39. The minimum Gasteiger partial charge on any atom is -0.379 e. The van der Waals surface area contributed by atoms with Gasteiger partial charge >= 0.3 is 0 Å². The predicted octanol–water partition coefficient (Wildman–Crippen LogP) is 4.76. The lowest BCUT2D eigenvalue weighted by Gasteiger charge is -2.26. The Labute approximate surface area is 182 Å². The van der Waals surface area contributed by atoms with Gasteiger partial charge in [0.15, 0.2) is 0 Å². The van der Waals surface area contributed by atoms with Crippen molar-refractivity contribution in [2.24, 2.45) is 4.99 Å². The molecule has 1 aliphatic rings. The molecule has 31 heavy (non-hydrogen) atoms. The van der Waals surface area contributed by atoms with Crippen LogP contribution in [0, 0.1) is 12.7 Å². The minimum atomic E-state index is -0.226. The summed E-state index contributed by atoms with van der Waals surface area (Å²) in [6.07, 6.45) is 7.56. The van der Waals surface area contributed by atoms with Crippen LogP contribution >= 0.6 is 0 Å². The number of hydrogen-bond donors (Lipinski definition) is 0. The van der Waals surface area contributed by atoms with Crippen LogP contribution in [0.5, 0.6) is 0 Å². The number of ether oxygens (including phenoxy) is 1. The van der Waals surface area contributed by atoms with Crippen molar-refractivity contribution in [3.8, 4) is 0 Å². The predicted molar refractivity (Wildman–Crippen MR) is 124 cm³/mol. The van der Waals surface area contributed by atoms with Gasteiger partial charge in [-0.2, -0.15) is 0 Å². The SMILES string of the molecule is C=C/C(=C(\N=CC)c1ccc(F)c(C)c1)c1ccc2ncc(CN3CCOCC3)n2c1. The number of rotatable bonds is 6. The van der Waals surface area contributed by atoms with E-state index in [-0.39, 0.29) is 5.82 Å². The molecule has 0 bridgehead atoms. The fourth-order valence-electron chi connectivity index (χ4n) is 3.87. The van der Waals surface area contributed by atoms with Crippen molar-refractivity contribution in [3.63, 3.8) is 0 Å². The van der Waals surface area contributed by atoms with E-state index in [1.165, 1.54) is 6.07 Å². The van der Waals surface area contributed by atoms with Crippen molar-refractivity contribution in [2.75, 3.05) is 26.3 Å². The van der Waals surface area contributed by atoms with Crippen LogP contribution in [0.3, 0.4) is 0 Å². The van der Waals surface area contributed by atoms with Crippen molar-refractivity contribution in [1.82, 2.24) is 14.3 Å². The second-order valence-corrected chi connectivity index (χ2v) is 7.60. The van der Waals surface area contributed by atoms with Gasteiger partial charge in [0.25, 0.3) is 0 Å². The third-order valence-electron chi connectivity index (χ3n) is 5.53. The maximum Gasteiger partial charge on any atom is 0.136 e. The average Bonchev–Trinajstić information content (AvgIpc) is 3.18. The monoisotopic (exact) mass is 418 g/mol. The van der Waals surface area contributed by atoms with Crippen LogP contribution in [0.25, 0.3) is 16.9 Å². The number of imidazole rings is 1. The lowest BCUT2D eigenvalue weighted by atomic mass is 9.99. The molecule has 160 valence electrons. The number of aromatic nitrogens is 2. The number of aryl methyl sites for hydroxylation is 1. The molecule has 1 fully saturated rings. The fraction of sp³-hybridized carbons (Fsp3) is 0.280. The van der Waals surface area contributed by atoms with Crippen molar-refractivity contribution < 1.29 is 9.13 Å². The molecule has 0 N–H and O–H groups in total. The molecule has 0 radical (unpaired) electrons. The first-order valence-corrected chi connectivity index (χ1v) is 10.5. The number of benzene rings is 1. The summed E-state index contributed by atoms with van der Waals surface area (Å²) in [7, 11) is 0. The Hall–Kier alpha value is -3.09. The van der Waals surface area contributed by atoms with E-state index in [4.69, 9.17) is 4.74 Å². The molecule has 6 heteroatoms. The summed E-state index contributed by atoms with van der Waals surface area (Å²) in [4.78, 5) is 11.5. The molecule has 0 saturated carbocycles. The molecular formula is C25H27FN4O. The van der Waals surface area contributed by atoms with E-state index < -0.39 is 0 Å². The molecule has 0 atom stereocenters. The largest absolute Gasteiger partial charge is 0.379 e. The van der Waals surface area contributed by atoms with E-state index in [9.17, 15) is 4.39 Å². The number of aliphatic imine (C=N–C) groups is 1. The average molecular weight is 419 g/mol. The normalized spacial score (nSPS) is 16.1. The molecule has 4 rings (SSSR count). The van der Waals surface area contributed by atoms with Gasteiger partial charge in [0.05, 0.1) is 30.8 Å². The first kappa shape index (κ1) is 21.2. The van der Waals surface area contributed by atoms with Gasteiger partial charge in [-0.3, -0.25) is 9.89 Å². The van der Waals surface area contributed by atoms with E-state index in [1.807, 2.05) is 31.3 Å². The van der Waals surface area contributed by atoms with Crippen LogP contribution in [0.4, 0.5) is 4.39 Å². The number of pyridine rings is 1. The molecule has 3 aromatic rings. The molecule has 0 aliphatic carbocycles. The summed E-state index contributed by atoms with van der Waals surface area (Å²) < 4.78 is 21.4. The zero-order valence-corrected chi connectivity index (χ0v) is 18.0. The molecule has 0 spiro atoms. The number of nitrogens with zero attached hydrogens (tertiary/aromatic N) is 4. The Bertz CT molecular complexity index is 1160. The van der Waals surface area contributed by atoms with Gasteiger partial charge in [-0.05, 0) is 49.7 Å². The van der Waals surface area contributed by atoms with Gasteiger partial charge < -0.3 is 9.14 Å². The van der Waals surface area contributed by atoms with E-state index in [2.05, 4.69) is 32.1 Å². The number of halogens is 1. The van der Waals surface area contributed by atoms with Crippen LogP contribution in [0.2, 0.25) is 0 Å². The maximum absolute atomic E-state index is 13.8. The van der Waals surface area contributed by atoms with Crippen LogP contribution in [-0.4, -0.2) is 46.8 Å². The molecule has 3 heterocycles. The fourth-order valence-corrected chi connectivity index (χ4v) is 3.87. The second-order valence-electron chi connectivity index (χ2n) is 7.60. The Morgan fingerprint density at radius 1 is 1.23 bits per heavy atom. The van der Waals surface area contributed by atoms with Gasteiger partial charge in [-0.25, -0.2) is 9.37 Å². The van der Waals surface area contributed by atoms with E-state index in [0.717, 1.165) is 66.6 Å². The van der Waals surface area contributed by atoms with Gasteiger partial charge in [-0.1, -0.05) is 12.7 Å². The molecule has 0 amide bonds. The molecule has 1 aromatic carbocycles. The third kappa shape index (κ3) is 4.50. The summed E-state index contributed by atoms with van der Waals surface area (Å²) in [5.41, 5.74) is 6.08. The van der Waals surface area contributed by atoms with Crippen molar-refractivity contribution in [2.45, 2.75) is 20.4 Å². The maximum atomic E-state index is 13.8. The van der Waals surface area contributed by atoms with Gasteiger partial charge in [0, 0.05) is 48.7 Å². The second kappa shape index (κ2) is 9.37. The first-order chi connectivity index (χ1) is 15.1. The van der Waals surface area contributed by atoms with E-state index in [1.54, 1.807) is 25.3 Å². The zero-order chi connectivity index (χ0) is 21.8. The lowest BCUT2D eigenvalue weighted by molar-refractivity contribution is 0.0335. The van der Waals surface area contributed by atoms with Crippen LogP contribution < -0.4 is 0 Å². The highest BCUT2D eigenvalue weighted by Gasteiger charge is 2.15. The van der Waals surface area contributed by atoms with Crippen LogP contribution in [0.1, 0.15) is 29.3 Å². The van der Waals surface area contributed by atoms with Crippen molar-refractivity contribution in [3.05, 3.63) is 83.6 Å². The molecule has 0 unspecified atom stereocenters. The quantitative estimate of drug-likeness (QED) is 0.428. The number of morpholine rings is 1. The molecule has 5 nitrogen and oxygen atoms in total. The molecular weight excluding hydrogens is 391 g/mol. The smallest absolute Gasteiger partial charge is 0.136 e. The molecule has 1 aliphatic heterocycles. The van der Waals surface area contributed by atoms with Crippen LogP contribution in [-0.2, 0) is 11.3 Å². The highest BCUT2D eigenvalue weighted by Crippen LogP contribution is 2.30. The molecule has 2 aromatic heterocycles. The van der Waals surface area contributed by atoms with Crippen LogP contribution in [0.15, 0.2) is 60.4 Å². The van der Waals surface area contributed by atoms with Crippen molar-refractivity contribution >= 4 is 23.1 Å². The van der Waals surface area contributed by atoms with Gasteiger partial charge in [-0.15, -0.1) is 0 Å². The number of fused-ring (bicyclic) bond motifs is 1. The molecule has 1 saturated heterocycles. The lowest BCUT2D eigenvalue weighted by Crippen LogP contribution is -2.35.